The third-order valence-electron chi connectivity index (χ3n) is 6.91. The van der Waals surface area contributed by atoms with Crippen LogP contribution in [0.2, 0.25) is 0 Å². The summed E-state index contributed by atoms with van der Waals surface area (Å²) in [5.74, 6) is -0.139. The summed E-state index contributed by atoms with van der Waals surface area (Å²) in [5, 5.41) is 6.09. The van der Waals surface area contributed by atoms with Crippen molar-refractivity contribution in [3.05, 3.63) is 77.8 Å². The fourth-order valence-electron chi connectivity index (χ4n) is 4.85. The van der Waals surface area contributed by atoms with E-state index in [0.29, 0.717) is 42.4 Å². The van der Waals surface area contributed by atoms with Gasteiger partial charge in [0, 0.05) is 43.0 Å². The first-order valence-corrected chi connectivity index (χ1v) is 12.5. The molecule has 198 valence electrons. The van der Waals surface area contributed by atoms with E-state index in [2.05, 4.69) is 32.1 Å². The number of aliphatic imine (C=N–C) groups is 1. The predicted molar refractivity (Wildman–Crippen MR) is 146 cm³/mol. The van der Waals surface area contributed by atoms with Crippen LogP contribution < -0.4 is 16.4 Å². The second-order valence-corrected chi connectivity index (χ2v) is 10.1. The molecular formula is C28H32FN7O2. The first-order chi connectivity index (χ1) is 18.2. The number of anilines is 1. The Labute approximate surface area is 220 Å². The van der Waals surface area contributed by atoms with Gasteiger partial charge >= 0.3 is 0 Å². The molecule has 38 heavy (non-hydrogen) atoms. The number of hydrogen-bond donors (Lipinski definition) is 3. The number of fused-ring (bicyclic) bond motifs is 2. The molecule has 0 aliphatic carbocycles. The third-order valence-corrected chi connectivity index (χ3v) is 6.91. The van der Waals surface area contributed by atoms with Gasteiger partial charge in [-0.05, 0) is 38.5 Å². The van der Waals surface area contributed by atoms with Crippen LogP contribution in [0.1, 0.15) is 36.7 Å². The molecule has 5 rings (SSSR count). The van der Waals surface area contributed by atoms with Crippen molar-refractivity contribution < 1.29 is 13.9 Å². The van der Waals surface area contributed by atoms with Crippen LogP contribution >= 0.6 is 0 Å². The summed E-state index contributed by atoms with van der Waals surface area (Å²) in [6.07, 6.45) is 6.98. The summed E-state index contributed by atoms with van der Waals surface area (Å²) in [6, 6.07) is 6.50. The standard InChI is InChI=1S/C28H32FN7O2/c1-5-19(35-10-11-38-24(16-35)28(3,4)30)13-31-17(2)34-22-7-6-20(21-14-33-27(37)26(21)22)23-15-32-25-12-18(29)8-9-36(23)25/h5-9,12-13,15,24,34H,2,10-11,14,16,30H2,1,3-4H3,(H,33,37)/b19-5+,31-13-/t24-/m0/s1. The molecule has 10 heteroatoms. The van der Waals surface area contributed by atoms with Crippen LogP contribution in [-0.2, 0) is 11.3 Å². The lowest BCUT2D eigenvalue weighted by Crippen LogP contribution is -2.55. The summed E-state index contributed by atoms with van der Waals surface area (Å²) in [6.45, 7) is 12.3. The minimum atomic E-state index is -0.452. The molecule has 9 nitrogen and oxygen atoms in total. The summed E-state index contributed by atoms with van der Waals surface area (Å²) < 4.78 is 21.3. The zero-order valence-electron chi connectivity index (χ0n) is 21.8. The number of halogens is 1. The van der Waals surface area contributed by atoms with E-state index in [4.69, 9.17) is 10.5 Å². The number of nitrogens with one attached hydrogen (secondary N) is 2. The predicted octanol–water partition coefficient (Wildman–Crippen LogP) is 3.68. The molecule has 0 radical (unpaired) electrons. The van der Waals surface area contributed by atoms with Crippen molar-refractivity contribution >= 4 is 23.5 Å². The second-order valence-electron chi connectivity index (χ2n) is 10.1. The van der Waals surface area contributed by atoms with E-state index in [9.17, 15) is 9.18 Å². The molecule has 0 spiro atoms. The molecule has 2 aromatic heterocycles. The number of allylic oxidation sites excluding steroid dienone is 2. The zero-order chi connectivity index (χ0) is 27.0. The molecule has 1 amide bonds. The number of benzene rings is 1. The molecule has 0 bridgehead atoms. The van der Waals surface area contributed by atoms with Crippen molar-refractivity contribution in [1.82, 2.24) is 19.6 Å². The Morgan fingerprint density at radius 1 is 1.39 bits per heavy atom. The maximum Gasteiger partial charge on any atom is 0.254 e. The maximum atomic E-state index is 13.6. The van der Waals surface area contributed by atoms with E-state index < -0.39 is 5.54 Å². The van der Waals surface area contributed by atoms with E-state index in [-0.39, 0.29) is 17.8 Å². The minimum Gasteiger partial charge on any atom is -0.373 e. The largest absolute Gasteiger partial charge is 0.373 e. The number of rotatable bonds is 7. The Hall–Kier alpha value is -4.02. The quantitative estimate of drug-likeness (QED) is 0.413. The number of ether oxygens (including phenoxy) is 1. The van der Waals surface area contributed by atoms with Gasteiger partial charge < -0.3 is 26.0 Å². The Balaban J connectivity index is 1.36. The number of aromatic nitrogens is 2. The van der Waals surface area contributed by atoms with Gasteiger partial charge in [0.1, 0.15) is 17.3 Å². The van der Waals surface area contributed by atoms with Gasteiger partial charge in [-0.2, -0.15) is 0 Å². The number of imidazole rings is 1. The van der Waals surface area contributed by atoms with Crippen molar-refractivity contribution in [2.45, 2.75) is 39.0 Å². The Morgan fingerprint density at radius 3 is 2.97 bits per heavy atom. The number of pyridine rings is 1. The van der Waals surface area contributed by atoms with Gasteiger partial charge in [-0.1, -0.05) is 18.7 Å². The van der Waals surface area contributed by atoms with Crippen LogP contribution in [-0.4, -0.2) is 57.7 Å². The van der Waals surface area contributed by atoms with Gasteiger partial charge in [0.05, 0.1) is 47.8 Å². The van der Waals surface area contributed by atoms with E-state index in [1.165, 1.54) is 12.1 Å². The van der Waals surface area contributed by atoms with E-state index >= 15 is 0 Å². The maximum absolute atomic E-state index is 13.6. The summed E-state index contributed by atoms with van der Waals surface area (Å²) in [5.41, 5.74) is 10.9. The van der Waals surface area contributed by atoms with Crippen LogP contribution in [0.15, 0.2) is 65.8 Å². The number of carbonyl (C=O) groups excluding carboxylic acids is 1. The Kier molecular flexibility index (Phi) is 6.77. The molecule has 4 heterocycles. The highest BCUT2D eigenvalue weighted by Crippen LogP contribution is 2.35. The lowest BCUT2D eigenvalue weighted by atomic mass is 9.97. The molecule has 2 aliphatic rings. The van der Waals surface area contributed by atoms with Crippen LogP contribution in [0.4, 0.5) is 10.1 Å². The average molecular weight is 518 g/mol. The molecule has 3 aromatic rings. The number of nitrogens with zero attached hydrogens (tertiary/aromatic N) is 4. The van der Waals surface area contributed by atoms with Crippen LogP contribution in [0, 0.1) is 5.82 Å². The van der Waals surface area contributed by atoms with Gasteiger partial charge in [-0.25, -0.2) is 14.4 Å². The van der Waals surface area contributed by atoms with Crippen molar-refractivity contribution in [2.24, 2.45) is 10.7 Å². The molecule has 1 saturated heterocycles. The van der Waals surface area contributed by atoms with Gasteiger partial charge in [0.25, 0.3) is 5.91 Å². The van der Waals surface area contributed by atoms with Gasteiger partial charge in [-0.3, -0.25) is 9.20 Å². The molecule has 4 N–H and O–H groups in total. The molecule has 0 saturated carbocycles. The number of hydrogen-bond acceptors (Lipinski definition) is 7. The minimum absolute atomic E-state index is 0.0903. The van der Waals surface area contributed by atoms with Crippen LogP contribution in [0.3, 0.4) is 0 Å². The molecule has 1 atom stereocenters. The lowest BCUT2D eigenvalue weighted by Gasteiger charge is -2.40. The zero-order valence-corrected chi connectivity index (χ0v) is 21.8. The van der Waals surface area contributed by atoms with Gasteiger partial charge in [0.15, 0.2) is 0 Å². The Bertz CT molecular complexity index is 1470. The fraction of sp³-hybridized carbons (Fsp3) is 0.321. The van der Waals surface area contributed by atoms with E-state index in [1.54, 1.807) is 23.0 Å². The van der Waals surface area contributed by atoms with E-state index in [1.807, 2.05) is 39.0 Å². The summed E-state index contributed by atoms with van der Waals surface area (Å²) in [7, 11) is 0. The molecule has 0 unspecified atom stereocenters. The molecule has 1 aromatic carbocycles. The summed E-state index contributed by atoms with van der Waals surface area (Å²) >= 11 is 0. The highest BCUT2D eigenvalue weighted by atomic mass is 19.1. The van der Waals surface area contributed by atoms with Crippen molar-refractivity contribution in [2.75, 3.05) is 25.0 Å². The Morgan fingerprint density at radius 2 is 2.21 bits per heavy atom. The lowest BCUT2D eigenvalue weighted by molar-refractivity contribution is -0.0471. The fourth-order valence-corrected chi connectivity index (χ4v) is 4.85. The number of nitrogens with two attached hydrogens (primary N) is 1. The average Bonchev–Trinajstić information content (AvgIpc) is 3.48. The van der Waals surface area contributed by atoms with Crippen molar-refractivity contribution in [3.8, 4) is 11.3 Å². The highest BCUT2D eigenvalue weighted by Gasteiger charge is 2.31. The first kappa shape index (κ1) is 25.6. The van der Waals surface area contributed by atoms with Crippen LogP contribution in [0.5, 0.6) is 0 Å². The number of amides is 1. The molecule has 2 aliphatic heterocycles. The second kappa shape index (κ2) is 10.0. The van der Waals surface area contributed by atoms with Gasteiger partial charge in [-0.15, -0.1) is 0 Å². The monoisotopic (exact) mass is 517 g/mol. The SMILES string of the molecule is C=C(/N=C\C(=C/C)N1CCO[C@H](C(C)(C)N)C1)Nc1ccc(-c2cnc3cc(F)ccn23)c2c1C(=O)NC2. The smallest absolute Gasteiger partial charge is 0.254 e. The normalized spacial score (nSPS) is 18.2. The van der Waals surface area contributed by atoms with Crippen molar-refractivity contribution in [3.63, 3.8) is 0 Å². The number of morpholine rings is 1. The topological polar surface area (TPSA) is 109 Å². The molecule has 1 fully saturated rings. The van der Waals surface area contributed by atoms with Gasteiger partial charge in [0.2, 0.25) is 0 Å². The number of carbonyl (C=O) groups is 1. The third kappa shape index (κ3) is 4.92. The van der Waals surface area contributed by atoms with Crippen LogP contribution in [0.25, 0.3) is 16.9 Å². The van der Waals surface area contributed by atoms with E-state index in [0.717, 1.165) is 29.1 Å². The highest BCUT2D eigenvalue weighted by molar-refractivity contribution is 6.05. The molecular weight excluding hydrogens is 485 g/mol. The van der Waals surface area contributed by atoms with Crippen molar-refractivity contribution in [1.29, 1.82) is 0 Å². The first-order valence-electron chi connectivity index (χ1n) is 12.5. The summed E-state index contributed by atoms with van der Waals surface area (Å²) in [4.78, 5) is 23.8.